The van der Waals surface area contributed by atoms with Gasteiger partial charge in [0.1, 0.15) is 0 Å². The number of aliphatic hydroxyl groups is 1. The van der Waals surface area contributed by atoms with Gasteiger partial charge in [-0.25, -0.2) is 0 Å². The van der Waals surface area contributed by atoms with Crippen LogP contribution in [0.5, 0.6) is 0 Å². The molecule has 1 fully saturated rings. The standard InChI is InChI=1S/C11H22O3/c1-3-10(12)9(2)8-14-11-6-4-5-7-13-11/h9-12H,3-8H2,1-2H3. The molecule has 0 aromatic rings. The molecule has 0 amide bonds. The van der Waals surface area contributed by atoms with Crippen molar-refractivity contribution in [1.29, 1.82) is 0 Å². The summed E-state index contributed by atoms with van der Waals surface area (Å²) in [5, 5.41) is 9.54. The van der Waals surface area contributed by atoms with E-state index in [1.165, 1.54) is 6.42 Å². The van der Waals surface area contributed by atoms with Gasteiger partial charge in [-0.3, -0.25) is 0 Å². The van der Waals surface area contributed by atoms with Crippen LogP contribution in [-0.4, -0.2) is 30.7 Å². The topological polar surface area (TPSA) is 38.7 Å². The lowest BCUT2D eigenvalue weighted by atomic mass is 10.0. The van der Waals surface area contributed by atoms with Gasteiger partial charge in [-0.1, -0.05) is 13.8 Å². The molecule has 1 aliphatic rings. The SMILES string of the molecule is CCC(O)C(C)COC1CCCCO1. The number of rotatable bonds is 5. The van der Waals surface area contributed by atoms with E-state index in [-0.39, 0.29) is 18.3 Å². The lowest BCUT2D eigenvalue weighted by Gasteiger charge is -2.25. The monoisotopic (exact) mass is 202 g/mol. The van der Waals surface area contributed by atoms with E-state index < -0.39 is 0 Å². The summed E-state index contributed by atoms with van der Waals surface area (Å²) < 4.78 is 11.0. The molecule has 0 bridgehead atoms. The van der Waals surface area contributed by atoms with E-state index in [4.69, 9.17) is 9.47 Å². The van der Waals surface area contributed by atoms with Crippen LogP contribution in [0.2, 0.25) is 0 Å². The average molecular weight is 202 g/mol. The quantitative estimate of drug-likeness (QED) is 0.740. The zero-order valence-corrected chi connectivity index (χ0v) is 9.24. The summed E-state index contributed by atoms with van der Waals surface area (Å²) in [7, 11) is 0. The van der Waals surface area contributed by atoms with Gasteiger partial charge in [0.15, 0.2) is 6.29 Å². The summed E-state index contributed by atoms with van der Waals surface area (Å²) in [5.41, 5.74) is 0. The summed E-state index contributed by atoms with van der Waals surface area (Å²) in [4.78, 5) is 0. The van der Waals surface area contributed by atoms with Crippen molar-refractivity contribution in [1.82, 2.24) is 0 Å². The normalized spacial score (nSPS) is 27.2. The molecule has 0 spiro atoms. The van der Waals surface area contributed by atoms with Crippen molar-refractivity contribution in [2.24, 2.45) is 5.92 Å². The van der Waals surface area contributed by atoms with Crippen molar-refractivity contribution in [3.63, 3.8) is 0 Å². The average Bonchev–Trinajstić information content (AvgIpc) is 2.26. The third-order valence-corrected chi connectivity index (χ3v) is 2.76. The van der Waals surface area contributed by atoms with Crippen LogP contribution in [-0.2, 0) is 9.47 Å². The smallest absolute Gasteiger partial charge is 0.157 e. The Balaban J connectivity index is 2.12. The van der Waals surface area contributed by atoms with Gasteiger partial charge in [-0.2, -0.15) is 0 Å². The zero-order chi connectivity index (χ0) is 10.4. The molecule has 14 heavy (non-hydrogen) atoms. The molecule has 1 heterocycles. The second-order valence-corrected chi connectivity index (χ2v) is 4.08. The van der Waals surface area contributed by atoms with Crippen LogP contribution in [0.15, 0.2) is 0 Å². The fourth-order valence-electron chi connectivity index (χ4n) is 1.62. The van der Waals surface area contributed by atoms with Crippen LogP contribution in [0.25, 0.3) is 0 Å². The molecule has 3 heteroatoms. The molecule has 3 nitrogen and oxygen atoms in total. The fraction of sp³-hybridized carbons (Fsp3) is 1.00. The van der Waals surface area contributed by atoms with Crippen molar-refractivity contribution in [3.8, 4) is 0 Å². The van der Waals surface area contributed by atoms with Crippen LogP contribution in [0.4, 0.5) is 0 Å². The Kier molecular flexibility index (Phi) is 5.45. The Hall–Kier alpha value is -0.120. The minimum atomic E-state index is -0.251. The number of ether oxygens (including phenoxy) is 2. The molecule has 3 unspecified atom stereocenters. The highest BCUT2D eigenvalue weighted by molar-refractivity contribution is 4.62. The van der Waals surface area contributed by atoms with Crippen molar-refractivity contribution in [2.75, 3.05) is 13.2 Å². The Labute approximate surface area is 86.4 Å². The molecule has 0 radical (unpaired) electrons. The highest BCUT2D eigenvalue weighted by Crippen LogP contribution is 2.16. The molecule has 0 saturated carbocycles. The molecule has 1 aliphatic heterocycles. The van der Waals surface area contributed by atoms with Crippen LogP contribution >= 0.6 is 0 Å². The summed E-state index contributed by atoms with van der Waals surface area (Å²) >= 11 is 0. The van der Waals surface area contributed by atoms with Gasteiger partial charge in [-0.05, 0) is 25.7 Å². The van der Waals surface area contributed by atoms with Crippen LogP contribution in [0.3, 0.4) is 0 Å². The largest absolute Gasteiger partial charge is 0.393 e. The maximum Gasteiger partial charge on any atom is 0.157 e. The number of hydrogen-bond donors (Lipinski definition) is 1. The van der Waals surface area contributed by atoms with Gasteiger partial charge >= 0.3 is 0 Å². The maximum atomic E-state index is 9.54. The van der Waals surface area contributed by atoms with Gasteiger partial charge in [-0.15, -0.1) is 0 Å². The second kappa shape index (κ2) is 6.38. The predicted octanol–water partition coefficient (Wildman–Crippen LogP) is 1.94. The third-order valence-electron chi connectivity index (χ3n) is 2.76. The van der Waals surface area contributed by atoms with Crippen molar-refractivity contribution >= 4 is 0 Å². The van der Waals surface area contributed by atoms with E-state index in [0.29, 0.717) is 6.61 Å². The lowest BCUT2D eigenvalue weighted by Crippen LogP contribution is -2.28. The fourth-order valence-corrected chi connectivity index (χ4v) is 1.62. The first kappa shape index (κ1) is 12.0. The van der Waals surface area contributed by atoms with E-state index in [9.17, 15) is 5.11 Å². The van der Waals surface area contributed by atoms with Gasteiger partial charge in [0.25, 0.3) is 0 Å². The molecule has 3 atom stereocenters. The predicted molar refractivity (Wildman–Crippen MR) is 55.0 cm³/mol. The van der Waals surface area contributed by atoms with E-state index in [2.05, 4.69) is 0 Å². The first-order valence-corrected chi connectivity index (χ1v) is 5.65. The number of aliphatic hydroxyl groups excluding tert-OH is 1. The molecular weight excluding hydrogens is 180 g/mol. The second-order valence-electron chi connectivity index (χ2n) is 4.08. The molecule has 84 valence electrons. The van der Waals surface area contributed by atoms with Crippen LogP contribution in [0, 0.1) is 5.92 Å². The van der Waals surface area contributed by atoms with E-state index in [0.717, 1.165) is 25.9 Å². The lowest BCUT2D eigenvalue weighted by molar-refractivity contribution is -0.173. The Morgan fingerprint density at radius 1 is 1.50 bits per heavy atom. The minimum absolute atomic E-state index is 0.0322. The molecule has 1 N–H and O–H groups in total. The number of hydrogen-bond acceptors (Lipinski definition) is 3. The van der Waals surface area contributed by atoms with Gasteiger partial charge < -0.3 is 14.6 Å². The van der Waals surface area contributed by atoms with Crippen LogP contribution in [0.1, 0.15) is 39.5 Å². The Morgan fingerprint density at radius 2 is 2.29 bits per heavy atom. The summed E-state index contributed by atoms with van der Waals surface area (Å²) in [6, 6.07) is 0. The van der Waals surface area contributed by atoms with Crippen molar-refractivity contribution in [2.45, 2.75) is 51.9 Å². The molecule has 0 aliphatic carbocycles. The van der Waals surface area contributed by atoms with Gasteiger partial charge in [0.2, 0.25) is 0 Å². The Morgan fingerprint density at radius 3 is 2.86 bits per heavy atom. The van der Waals surface area contributed by atoms with Crippen LogP contribution < -0.4 is 0 Å². The molecular formula is C11H22O3. The summed E-state index contributed by atoms with van der Waals surface area (Å²) in [6.07, 6.45) is 3.83. The molecule has 1 saturated heterocycles. The minimum Gasteiger partial charge on any atom is -0.393 e. The van der Waals surface area contributed by atoms with E-state index >= 15 is 0 Å². The highest BCUT2D eigenvalue weighted by atomic mass is 16.7. The zero-order valence-electron chi connectivity index (χ0n) is 9.24. The molecule has 1 rings (SSSR count). The van der Waals surface area contributed by atoms with E-state index in [1.807, 2.05) is 13.8 Å². The van der Waals surface area contributed by atoms with Gasteiger partial charge in [0, 0.05) is 12.5 Å². The van der Waals surface area contributed by atoms with Crippen molar-refractivity contribution < 1.29 is 14.6 Å². The van der Waals surface area contributed by atoms with Crippen molar-refractivity contribution in [3.05, 3.63) is 0 Å². The molecule has 0 aromatic carbocycles. The maximum absolute atomic E-state index is 9.54. The van der Waals surface area contributed by atoms with Gasteiger partial charge in [0.05, 0.1) is 12.7 Å². The van der Waals surface area contributed by atoms with E-state index in [1.54, 1.807) is 0 Å². The third kappa shape index (κ3) is 3.95. The first-order chi connectivity index (χ1) is 6.74. The Bertz CT molecular complexity index is 141. The molecule has 0 aromatic heterocycles. The first-order valence-electron chi connectivity index (χ1n) is 5.65. The summed E-state index contributed by atoms with van der Waals surface area (Å²) in [5.74, 6) is 0.200. The highest BCUT2D eigenvalue weighted by Gasteiger charge is 2.17. The summed E-state index contributed by atoms with van der Waals surface area (Å²) in [6.45, 7) is 5.41.